The molecule has 0 aliphatic heterocycles. The van der Waals surface area contributed by atoms with Crippen molar-refractivity contribution < 1.29 is 0 Å². The number of hydrogen-bond donors (Lipinski definition) is 2. The summed E-state index contributed by atoms with van der Waals surface area (Å²) in [5.41, 5.74) is 3.45. The number of aryl methyl sites for hydroxylation is 2. The van der Waals surface area contributed by atoms with Crippen molar-refractivity contribution in [1.82, 2.24) is 25.4 Å². The van der Waals surface area contributed by atoms with Crippen LogP contribution in [0.4, 0.5) is 0 Å². The summed E-state index contributed by atoms with van der Waals surface area (Å²) >= 11 is 1.71. The van der Waals surface area contributed by atoms with Crippen LogP contribution in [0.3, 0.4) is 0 Å². The van der Waals surface area contributed by atoms with Gasteiger partial charge in [-0.15, -0.1) is 11.3 Å². The number of hydrogen-bond acceptors (Lipinski definition) is 4. The van der Waals surface area contributed by atoms with Gasteiger partial charge in [0.1, 0.15) is 5.01 Å². The molecular weight excluding hydrogens is 356 g/mol. The fourth-order valence-electron chi connectivity index (χ4n) is 2.66. The highest BCUT2D eigenvalue weighted by molar-refractivity contribution is 7.11. The quantitative estimate of drug-likeness (QED) is 0.486. The molecule has 2 N–H and O–H groups in total. The Morgan fingerprint density at radius 2 is 2.00 bits per heavy atom. The van der Waals surface area contributed by atoms with E-state index in [4.69, 9.17) is 0 Å². The van der Waals surface area contributed by atoms with Crippen LogP contribution in [-0.2, 0) is 13.0 Å². The summed E-state index contributed by atoms with van der Waals surface area (Å²) in [7, 11) is 0. The molecule has 2 heterocycles. The second kappa shape index (κ2) is 9.32. The van der Waals surface area contributed by atoms with E-state index in [1.54, 1.807) is 17.5 Å². The van der Waals surface area contributed by atoms with Gasteiger partial charge in [-0.2, -0.15) is 5.10 Å². The minimum atomic E-state index is 0.604. The van der Waals surface area contributed by atoms with Crippen molar-refractivity contribution >= 4 is 17.3 Å². The molecule has 3 rings (SSSR count). The number of aromatic nitrogens is 3. The number of aliphatic imine (C=N–C) groups is 1. The Kier molecular flexibility index (Phi) is 6.59. The highest BCUT2D eigenvalue weighted by atomic mass is 32.1. The maximum Gasteiger partial charge on any atom is 0.191 e. The van der Waals surface area contributed by atoms with Gasteiger partial charge in [0, 0.05) is 30.4 Å². The molecule has 6 nitrogen and oxygen atoms in total. The van der Waals surface area contributed by atoms with Gasteiger partial charge >= 0.3 is 0 Å². The fourth-order valence-corrected chi connectivity index (χ4v) is 3.52. The molecule has 27 heavy (non-hydrogen) atoms. The molecular formula is C20H26N6S. The summed E-state index contributed by atoms with van der Waals surface area (Å²) in [6.07, 6.45) is 4.66. The van der Waals surface area contributed by atoms with Gasteiger partial charge in [0.05, 0.1) is 17.9 Å². The third-order valence-electron chi connectivity index (χ3n) is 4.20. The topological polar surface area (TPSA) is 67.1 Å². The van der Waals surface area contributed by atoms with E-state index < -0.39 is 0 Å². The van der Waals surface area contributed by atoms with E-state index in [-0.39, 0.29) is 0 Å². The number of thiazole rings is 1. The van der Waals surface area contributed by atoms with E-state index in [2.05, 4.69) is 63.8 Å². The SMILES string of the molecule is CCNC(=NCc1nc(C)c(C)s1)NCCc1ccc(-n2cccn2)cc1. The number of rotatable bonds is 7. The lowest BCUT2D eigenvalue weighted by Crippen LogP contribution is -2.38. The maximum absolute atomic E-state index is 4.65. The van der Waals surface area contributed by atoms with Crippen molar-refractivity contribution in [3.63, 3.8) is 0 Å². The Bertz CT molecular complexity index is 845. The number of guanidine groups is 1. The molecule has 0 bridgehead atoms. The van der Waals surface area contributed by atoms with Crippen LogP contribution in [0.1, 0.15) is 28.1 Å². The van der Waals surface area contributed by atoms with Crippen LogP contribution in [-0.4, -0.2) is 33.8 Å². The molecule has 0 radical (unpaired) electrons. The molecule has 142 valence electrons. The van der Waals surface area contributed by atoms with Crippen molar-refractivity contribution in [2.75, 3.05) is 13.1 Å². The van der Waals surface area contributed by atoms with E-state index in [0.29, 0.717) is 6.54 Å². The number of nitrogens with zero attached hydrogens (tertiary/aromatic N) is 4. The van der Waals surface area contributed by atoms with Crippen molar-refractivity contribution in [2.24, 2.45) is 4.99 Å². The van der Waals surface area contributed by atoms with E-state index in [1.807, 2.05) is 23.9 Å². The second-order valence-corrected chi connectivity index (χ2v) is 7.53. The molecule has 0 aliphatic carbocycles. The molecule has 0 spiro atoms. The first-order chi connectivity index (χ1) is 13.2. The van der Waals surface area contributed by atoms with Crippen LogP contribution in [0, 0.1) is 13.8 Å². The van der Waals surface area contributed by atoms with E-state index in [0.717, 1.165) is 41.9 Å². The predicted octanol–water partition coefficient (Wildman–Crippen LogP) is 3.24. The number of nitrogens with one attached hydrogen (secondary N) is 2. The standard InChI is InChI=1S/C20H26N6S/c1-4-21-20(23-14-19-25-15(2)16(3)27-19)22-12-10-17-6-8-18(9-7-17)26-13-5-11-24-26/h5-9,11,13H,4,10,12,14H2,1-3H3,(H2,21,22,23). The smallest absolute Gasteiger partial charge is 0.191 e. The van der Waals surface area contributed by atoms with Crippen molar-refractivity contribution in [1.29, 1.82) is 0 Å². The zero-order valence-corrected chi connectivity index (χ0v) is 16.9. The van der Waals surface area contributed by atoms with Crippen molar-refractivity contribution in [3.05, 3.63) is 63.9 Å². The van der Waals surface area contributed by atoms with Crippen LogP contribution in [0.15, 0.2) is 47.7 Å². The average Bonchev–Trinajstić information content (AvgIpc) is 3.31. The first-order valence-corrected chi connectivity index (χ1v) is 10.0. The van der Waals surface area contributed by atoms with Crippen molar-refractivity contribution in [2.45, 2.75) is 33.7 Å². The maximum atomic E-state index is 4.65. The molecule has 1 aromatic carbocycles. The molecule has 0 saturated carbocycles. The first kappa shape index (κ1) is 19.1. The van der Waals surface area contributed by atoms with Gasteiger partial charge in [-0.3, -0.25) is 0 Å². The lowest BCUT2D eigenvalue weighted by molar-refractivity contribution is 0.798. The Morgan fingerprint density at radius 3 is 2.63 bits per heavy atom. The van der Waals surface area contributed by atoms with Gasteiger partial charge in [-0.05, 0) is 51.0 Å². The highest BCUT2D eigenvalue weighted by Crippen LogP contribution is 2.16. The van der Waals surface area contributed by atoms with E-state index >= 15 is 0 Å². The van der Waals surface area contributed by atoms with Crippen molar-refractivity contribution in [3.8, 4) is 5.69 Å². The fraction of sp³-hybridized carbons (Fsp3) is 0.350. The summed E-state index contributed by atoms with van der Waals surface area (Å²) in [6.45, 7) is 8.47. The summed E-state index contributed by atoms with van der Waals surface area (Å²) in [6, 6.07) is 10.4. The van der Waals surface area contributed by atoms with E-state index in [1.165, 1.54) is 10.4 Å². The van der Waals surface area contributed by atoms with Crippen LogP contribution < -0.4 is 10.6 Å². The molecule has 0 amide bonds. The first-order valence-electron chi connectivity index (χ1n) is 9.19. The average molecular weight is 383 g/mol. The third kappa shape index (κ3) is 5.40. The summed E-state index contributed by atoms with van der Waals surface area (Å²) in [5, 5.41) is 12.0. The van der Waals surface area contributed by atoms with Gasteiger partial charge < -0.3 is 10.6 Å². The van der Waals surface area contributed by atoms with Crippen LogP contribution in [0.5, 0.6) is 0 Å². The van der Waals surface area contributed by atoms with Crippen LogP contribution in [0.25, 0.3) is 5.69 Å². The lowest BCUT2D eigenvalue weighted by Gasteiger charge is -2.11. The minimum Gasteiger partial charge on any atom is -0.357 e. The van der Waals surface area contributed by atoms with Crippen LogP contribution in [0.2, 0.25) is 0 Å². The van der Waals surface area contributed by atoms with Crippen LogP contribution >= 0.6 is 11.3 Å². The van der Waals surface area contributed by atoms with Gasteiger partial charge in [0.15, 0.2) is 5.96 Å². The Balaban J connectivity index is 1.52. The molecule has 0 unspecified atom stereocenters. The Labute approximate surface area is 164 Å². The summed E-state index contributed by atoms with van der Waals surface area (Å²) in [4.78, 5) is 10.5. The van der Waals surface area contributed by atoms with Gasteiger partial charge in [-0.1, -0.05) is 12.1 Å². The van der Waals surface area contributed by atoms with E-state index in [9.17, 15) is 0 Å². The van der Waals surface area contributed by atoms with Gasteiger partial charge in [0.2, 0.25) is 0 Å². The number of benzene rings is 1. The molecule has 0 fully saturated rings. The molecule has 0 atom stereocenters. The molecule has 0 aliphatic rings. The highest BCUT2D eigenvalue weighted by Gasteiger charge is 2.04. The Morgan fingerprint density at radius 1 is 1.19 bits per heavy atom. The summed E-state index contributed by atoms with van der Waals surface area (Å²) < 4.78 is 1.86. The normalized spacial score (nSPS) is 11.6. The summed E-state index contributed by atoms with van der Waals surface area (Å²) in [5.74, 6) is 0.830. The molecule has 0 saturated heterocycles. The third-order valence-corrected chi connectivity index (χ3v) is 5.26. The molecule has 2 aromatic heterocycles. The second-order valence-electron chi connectivity index (χ2n) is 6.24. The minimum absolute atomic E-state index is 0.604. The Hall–Kier alpha value is -2.67. The largest absolute Gasteiger partial charge is 0.357 e. The monoisotopic (exact) mass is 382 g/mol. The zero-order valence-electron chi connectivity index (χ0n) is 16.1. The molecule has 7 heteroatoms. The van der Waals surface area contributed by atoms with Gasteiger partial charge in [0.25, 0.3) is 0 Å². The predicted molar refractivity (Wildman–Crippen MR) is 112 cm³/mol. The van der Waals surface area contributed by atoms with Gasteiger partial charge in [-0.25, -0.2) is 14.7 Å². The molecule has 3 aromatic rings. The zero-order chi connectivity index (χ0) is 19.1. The lowest BCUT2D eigenvalue weighted by atomic mass is 10.1.